The van der Waals surface area contributed by atoms with Gasteiger partial charge in [0, 0.05) is 0 Å². The molecule has 102 valence electrons. The van der Waals surface area contributed by atoms with Crippen molar-refractivity contribution in [2.24, 2.45) is 0 Å². The van der Waals surface area contributed by atoms with Gasteiger partial charge in [-0.25, -0.2) is 4.74 Å². The lowest BCUT2D eigenvalue weighted by molar-refractivity contribution is -0.501. The van der Waals surface area contributed by atoms with Gasteiger partial charge in [-0.3, -0.25) is 0 Å². The van der Waals surface area contributed by atoms with Crippen LogP contribution in [0.15, 0.2) is 12.1 Å². The van der Waals surface area contributed by atoms with Crippen LogP contribution in [0.1, 0.15) is 0 Å². The molecule has 0 fully saturated rings. The Morgan fingerprint density at radius 3 is 1.41 bits per heavy atom. The number of hydrogen-bond donors (Lipinski definition) is 0. The Morgan fingerprint density at radius 1 is 0.706 bits per heavy atom. The van der Waals surface area contributed by atoms with Crippen LogP contribution in [0.3, 0.4) is 0 Å². The fourth-order valence-corrected chi connectivity index (χ4v) is 0.415. The topological polar surface area (TPSA) is 18.5 Å². The van der Waals surface area contributed by atoms with Gasteiger partial charge in [-0.2, -0.15) is 30.7 Å². The zero-order valence-corrected chi connectivity index (χ0v) is 7.10. The van der Waals surface area contributed by atoms with Crippen molar-refractivity contribution in [3.05, 3.63) is 12.1 Å². The summed E-state index contributed by atoms with van der Waals surface area (Å²) in [7, 11) is 0. The maximum absolute atomic E-state index is 12.1. The summed E-state index contributed by atoms with van der Waals surface area (Å²) in [6.07, 6.45) is -22.5. The van der Waals surface area contributed by atoms with Crippen LogP contribution in [-0.4, -0.2) is 18.6 Å². The van der Waals surface area contributed by atoms with Crippen LogP contribution in [-0.2, 0) is 9.47 Å². The van der Waals surface area contributed by atoms with Crippen molar-refractivity contribution in [2.75, 3.05) is 0 Å². The number of halogens is 10. The third-order valence-corrected chi connectivity index (χ3v) is 0.949. The molecule has 2 nitrogen and oxygen atoms in total. The molecule has 0 saturated heterocycles. The van der Waals surface area contributed by atoms with Crippen LogP contribution < -0.4 is 0 Å². The number of ether oxygens (including phenoxy) is 2. The first-order valence-electron chi connectivity index (χ1n) is 3.21. The van der Waals surface area contributed by atoms with Crippen molar-refractivity contribution < 1.29 is 53.4 Å². The average Bonchev–Trinajstić information content (AvgIpc) is 1.97. The maximum atomic E-state index is 12.1. The van der Waals surface area contributed by atoms with Crippen LogP contribution in [0.2, 0.25) is 0 Å². The van der Waals surface area contributed by atoms with E-state index in [0.29, 0.717) is 0 Å². The predicted molar refractivity (Wildman–Crippen MR) is 28.5 cm³/mol. The van der Waals surface area contributed by atoms with E-state index in [1.807, 2.05) is 0 Å². The molecule has 12 heteroatoms. The predicted octanol–water partition coefficient (Wildman–Crippen LogP) is 3.76. The van der Waals surface area contributed by atoms with E-state index in [0.717, 1.165) is 0 Å². The molecule has 0 atom stereocenters. The summed E-state index contributed by atoms with van der Waals surface area (Å²) in [6.45, 7) is 0. The Labute approximate surface area is 85.4 Å². The summed E-state index contributed by atoms with van der Waals surface area (Å²) >= 11 is 0. The van der Waals surface area contributed by atoms with E-state index in [4.69, 9.17) is 0 Å². The zero-order valence-electron chi connectivity index (χ0n) is 7.10. The van der Waals surface area contributed by atoms with Crippen LogP contribution in [0.25, 0.3) is 0 Å². The molecule has 0 aromatic heterocycles. The quantitative estimate of drug-likeness (QED) is 0.577. The van der Waals surface area contributed by atoms with Gasteiger partial charge in [-0.15, -0.1) is 13.2 Å². The molecule has 0 unspecified atom stereocenters. The van der Waals surface area contributed by atoms with E-state index in [2.05, 4.69) is 4.74 Å². The number of alkyl halides is 7. The molecule has 0 aromatic carbocycles. The molecule has 17 heavy (non-hydrogen) atoms. The normalized spacial score (nSPS) is 13.5. The van der Waals surface area contributed by atoms with Crippen molar-refractivity contribution in [1.29, 1.82) is 0 Å². The summed E-state index contributed by atoms with van der Waals surface area (Å²) in [5.74, 6) is 0. The van der Waals surface area contributed by atoms with E-state index in [-0.39, 0.29) is 0 Å². The lowest BCUT2D eigenvalue weighted by atomic mass is 10.6. The van der Waals surface area contributed by atoms with E-state index >= 15 is 0 Å². The Morgan fingerprint density at radius 2 is 1.12 bits per heavy atom. The van der Waals surface area contributed by atoms with Crippen LogP contribution in [0, 0.1) is 0 Å². The molecule has 0 rings (SSSR count). The number of hydrogen-bond acceptors (Lipinski definition) is 2. The molecular weight excluding hydrogens is 282 g/mol. The minimum absolute atomic E-state index is 1.63. The minimum Gasteiger partial charge on any atom is -0.396 e. The molecule has 0 bridgehead atoms. The second kappa shape index (κ2) is 4.58. The van der Waals surface area contributed by atoms with E-state index in [9.17, 15) is 43.9 Å². The van der Waals surface area contributed by atoms with Crippen LogP contribution in [0.4, 0.5) is 43.9 Å². The molecule has 0 N–H and O–H groups in total. The number of rotatable bonds is 4. The highest BCUT2D eigenvalue weighted by Crippen LogP contribution is 2.42. The molecule has 0 amide bonds. The first-order chi connectivity index (χ1) is 7.28. The van der Waals surface area contributed by atoms with E-state index in [1.165, 1.54) is 0 Å². The first kappa shape index (κ1) is 15.8. The zero-order chi connectivity index (χ0) is 14.1. The van der Waals surface area contributed by atoms with Crippen LogP contribution >= 0.6 is 0 Å². The summed E-state index contributed by atoms with van der Waals surface area (Å²) < 4.78 is 120. The fraction of sp³-hybridized carbons (Fsp3) is 0.600. The molecule has 0 aliphatic carbocycles. The fourth-order valence-electron chi connectivity index (χ4n) is 0.415. The van der Waals surface area contributed by atoms with Crippen molar-refractivity contribution in [3.8, 4) is 0 Å². The second-order valence-corrected chi connectivity index (χ2v) is 2.22. The summed E-state index contributed by atoms with van der Waals surface area (Å²) in [5.41, 5.74) is 0. The van der Waals surface area contributed by atoms with E-state index < -0.39 is 30.7 Å². The highest BCUT2D eigenvalue weighted by Gasteiger charge is 2.66. The van der Waals surface area contributed by atoms with Gasteiger partial charge >= 0.3 is 30.7 Å². The molecule has 0 spiro atoms. The molecule has 0 heterocycles. The highest BCUT2D eigenvalue weighted by atomic mass is 19.4. The average molecular weight is 282 g/mol. The molecular formula is C5F10O2. The third kappa shape index (κ3) is 4.66. The smallest absolute Gasteiger partial charge is 0.396 e. The maximum Gasteiger partial charge on any atom is 0.527 e. The monoisotopic (exact) mass is 282 g/mol. The highest BCUT2D eigenvalue weighted by molar-refractivity contribution is 4.84. The van der Waals surface area contributed by atoms with Gasteiger partial charge in [0.15, 0.2) is 0 Å². The molecule has 0 aliphatic heterocycles. The lowest BCUT2D eigenvalue weighted by Crippen LogP contribution is -2.47. The van der Waals surface area contributed by atoms with E-state index in [1.54, 1.807) is 4.74 Å². The minimum atomic E-state index is -6.39. The van der Waals surface area contributed by atoms with Gasteiger partial charge in [-0.1, -0.05) is 0 Å². The van der Waals surface area contributed by atoms with Gasteiger partial charge in [0.2, 0.25) is 0 Å². The lowest BCUT2D eigenvalue weighted by Gasteiger charge is -2.25. The Balaban J connectivity index is 4.98. The Kier molecular flexibility index (Phi) is 4.26. The Hall–Kier alpha value is -1.20. The van der Waals surface area contributed by atoms with Gasteiger partial charge < -0.3 is 4.74 Å². The first-order valence-corrected chi connectivity index (χ1v) is 3.21. The standard InChI is InChI=1S/C5F10O2/c6-1(7)2(8)16-3(9,10)4(11,12)17-5(13,14)15. The van der Waals surface area contributed by atoms with Crippen molar-refractivity contribution >= 4 is 0 Å². The Bertz CT molecular complexity index is 300. The summed E-state index contributed by atoms with van der Waals surface area (Å²) in [4.78, 5) is 0. The van der Waals surface area contributed by atoms with Gasteiger partial charge in [0.05, 0.1) is 0 Å². The third-order valence-electron chi connectivity index (χ3n) is 0.949. The SMILES string of the molecule is FC(F)=C(F)OC(F)(F)C(F)(F)OC(F)(F)F. The van der Waals surface area contributed by atoms with Crippen molar-refractivity contribution in [3.63, 3.8) is 0 Å². The summed E-state index contributed by atoms with van der Waals surface area (Å²) in [5, 5.41) is 0. The second-order valence-electron chi connectivity index (χ2n) is 2.22. The molecule has 0 aromatic rings. The van der Waals surface area contributed by atoms with Gasteiger partial charge in [0.25, 0.3) is 0 Å². The van der Waals surface area contributed by atoms with Crippen molar-refractivity contribution in [1.82, 2.24) is 0 Å². The van der Waals surface area contributed by atoms with Gasteiger partial charge in [0.1, 0.15) is 0 Å². The van der Waals surface area contributed by atoms with Gasteiger partial charge in [-0.05, 0) is 0 Å². The molecule has 0 radical (unpaired) electrons. The summed E-state index contributed by atoms with van der Waals surface area (Å²) in [6, 6.07) is -3.46. The van der Waals surface area contributed by atoms with Crippen LogP contribution in [0.5, 0.6) is 0 Å². The molecule has 0 aliphatic rings. The largest absolute Gasteiger partial charge is 0.527 e. The molecule has 0 saturated carbocycles. The van der Waals surface area contributed by atoms with Crippen molar-refractivity contribution in [2.45, 2.75) is 18.6 Å².